The van der Waals surface area contributed by atoms with Gasteiger partial charge in [-0.2, -0.15) is 0 Å². The number of anilines is 1. The molecule has 114 valence electrons. The first-order valence-electron chi connectivity index (χ1n) is 7.49. The zero-order valence-electron chi connectivity index (χ0n) is 12.0. The van der Waals surface area contributed by atoms with E-state index in [4.69, 9.17) is 16.4 Å². The van der Waals surface area contributed by atoms with Crippen LogP contribution in [0.3, 0.4) is 0 Å². The van der Waals surface area contributed by atoms with Gasteiger partial charge in [-0.25, -0.2) is 0 Å². The summed E-state index contributed by atoms with van der Waals surface area (Å²) in [5, 5.41) is 4.04. The SMILES string of the molecule is Clc1cnccc1N1CC=C(NOC2CCNCC2)CC1. The lowest BCUT2D eigenvalue weighted by molar-refractivity contribution is -0.0246. The summed E-state index contributed by atoms with van der Waals surface area (Å²) in [4.78, 5) is 12.0. The number of rotatable bonds is 4. The van der Waals surface area contributed by atoms with Gasteiger partial charge in [0.1, 0.15) is 0 Å². The predicted molar refractivity (Wildman–Crippen MR) is 84.3 cm³/mol. The molecule has 0 saturated carbocycles. The number of hydrogen-bond acceptors (Lipinski definition) is 5. The molecule has 1 saturated heterocycles. The largest absolute Gasteiger partial charge is 0.366 e. The predicted octanol–water partition coefficient (Wildman–Crippen LogP) is 2.10. The van der Waals surface area contributed by atoms with E-state index in [-0.39, 0.29) is 0 Å². The summed E-state index contributed by atoms with van der Waals surface area (Å²) in [7, 11) is 0. The van der Waals surface area contributed by atoms with Crippen LogP contribution < -0.4 is 15.7 Å². The molecule has 0 amide bonds. The third kappa shape index (κ3) is 3.87. The monoisotopic (exact) mass is 308 g/mol. The summed E-state index contributed by atoms with van der Waals surface area (Å²) in [5.74, 6) is 0. The highest BCUT2D eigenvalue weighted by molar-refractivity contribution is 6.33. The van der Waals surface area contributed by atoms with E-state index in [1.54, 1.807) is 12.4 Å². The van der Waals surface area contributed by atoms with Crippen molar-refractivity contribution in [3.8, 4) is 0 Å². The van der Waals surface area contributed by atoms with Crippen molar-refractivity contribution in [1.82, 2.24) is 15.8 Å². The first-order chi connectivity index (χ1) is 10.3. The van der Waals surface area contributed by atoms with Gasteiger partial charge in [0.05, 0.1) is 16.8 Å². The van der Waals surface area contributed by atoms with Crippen molar-refractivity contribution in [1.29, 1.82) is 0 Å². The van der Waals surface area contributed by atoms with E-state index in [0.717, 1.165) is 56.8 Å². The second-order valence-corrected chi connectivity index (χ2v) is 5.83. The van der Waals surface area contributed by atoms with Crippen molar-refractivity contribution in [2.45, 2.75) is 25.4 Å². The Morgan fingerprint density at radius 1 is 1.38 bits per heavy atom. The Bertz CT molecular complexity index is 502. The lowest BCUT2D eigenvalue weighted by Gasteiger charge is -2.30. The zero-order chi connectivity index (χ0) is 14.5. The van der Waals surface area contributed by atoms with Crippen LogP contribution >= 0.6 is 11.6 Å². The molecule has 21 heavy (non-hydrogen) atoms. The van der Waals surface area contributed by atoms with E-state index in [9.17, 15) is 0 Å². The summed E-state index contributed by atoms with van der Waals surface area (Å²) in [6.07, 6.45) is 9.02. The molecule has 1 fully saturated rings. The Balaban J connectivity index is 1.51. The zero-order valence-corrected chi connectivity index (χ0v) is 12.8. The van der Waals surface area contributed by atoms with E-state index in [1.165, 1.54) is 0 Å². The highest BCUT2D eigenvalue weighted by Crippen LogP contribution is 2.26. The molecule has 2 aliphatic rings. The van der Waals surface area contributed by atoms with Gasteiger partial charge < -0.3 is 10.2 Å². The molecular weight excluding hydrogens is 288 g/mol. The number of halogens is 1. The number of nitrogens with zero attached hydrogens (tertiary/aromatic N) is 2. The van der Waals surface area contributed by atoms with Crippen LogP contribution in [0.4, 0.5) is 5.69 Å². The number of hydrogen-bond donors (Lipinski definition) is 2. The van der Waals surface area contributed by atoms with Crippen LogP contribution in [-0.4, -0.2) is 37.3 Å². The minimum absolute atomic E-state index is 0.319. The van der Waals surface area contributed by atoms with Gasteiger partial charge in [0.25, 0.3) is 0 Å². The van der Waals surface area contributed by atoms with E-state index < -0.39 is 0 Å². The van der Waals surface area contributed by atoms with Crippen molar-refractivity contribution >= 4 is 17.3 Å². The highest BCUT2D eigenvalue weighted by Gasteiger charge is 2.17. The number of nitrogens with one attached hydrogen (secondary N) is 2. The van der Waals surface area contributed by atoms with Gasteiger partial charge in [-0.3, -0.25) is 15.3 Å². The van der Waals surface area contributed by atoms with Crippen LogP contribution in [0.15, 0.2) is 30.2 Å². The van der Waals surface area contributed by atoms with Gasteiger partial charge in [-0.05, 0) is 38.1 Å². The van der Waals surface area contributed by atoms with E-state index in [2.05, 4.69) is 26.8 Å². The fraction of sp³-hybridized carbons (Fsp3) is 0.533. The third-order valence-corrected chi connectivity index (χ3v) is 4.23. The number of hydroxylamine groups is 1. The first-order valence-corrected chi connectivity index (χ1v) is 7.86. The van der Waals surface area contributed by atoms with Crippen LogP contribution in [0.1, 0.15) is 19.3 Å². The quantitative estimate of drug-likeness (QED) is 0.834. The van der Waals surface area contributed by atoms with Gasteiger partial charge in [-0.15, -0.1) is 0 Å². The molecular formula is C15H21ClN4O. The normalized spacial score (nSPS) is 20.2. The Labute approximate surface area is 130 Å². The van der Waals surface area contributed by atoms with Gasteiger partial charge >= 0.3 is 0 Å². The lowest BCUT2D eigenvalue weighted by Crippen LogP contribution is -2.37. The average molecular weight is 309 g/mol. The van der Waals surface area contributed by atoms with Crippen LogP contribution in [0.2, 0.25) is 5.02 Å². The number of pyridine rings is 1. The maximum absolute atomic E-state index is 6.19. The first kappa shape index (κ1) is 14.6. The fourth-order valence-electron chi connectivity index (χ4n) is 2.68. The minimum Gasteiger partial charge on any atom is -0.366 e. The maximum atomic E-state index is 6.19. The fourth-order valence-corrected chi connectivity index (χ4v) is 2.92. The molecule has 0 aromatic carbocycles. The Morgan fingerprint density at radius 3 is 2.95 bits per heavy atom. The molecule has 3 rings (SSSR count). The lowest BCUT2D eigenvalue weighted by atomic mass is 10.1. The second-order valence-electron chi connectivity index (χ2n) is 5.42. The number of aromatic nitrogens is 1. The van der Waals surface area contributed by atoms with Gasteiger partial charge in [-0.1, -0.05) is 11.6 Å². The summed E-state index contributed by atoms with van der Waals surface area (Å²) in [6, 6.07) is 1.96. The highest BCUT2D eigenvalue weighted by atomic mass is 35.5. The summed E-state index contributed by atoms with van der Waals surface area (Å²) < 4.78 is 0. The van der Waals surface area contributed by atoms with Crippen LogP contribution in [0.5, 0.6) is 0 Å². The molecule has 2 aliphatic heterocycles. The standard InChI is InChI=1S/C15H21ClN4O/c16-14-11-18-8-3-15(14)20-9-4-12(5-10-20)19-21-13-1-6-17-7-2-13/h3-4,8,11,13,17,19H,1-2,5-7,9-10H2. The van der Waals surface area contributed by atoms with Crippen molar-refractivity contribution in [2.24, 2.45) is 0 Å². The minimum atomic E-state index is 0.319. The molecule has 2 N–H and O–H groups in total. The average Bonchev–Trinajstić information content (AvgIpc) is 2.55. The topological polar surface area (TPSA) is 49.4 Å². The molecule has 0 bridgehead atoms. The Kier molecular flexibility index (Phi) is 4.95. The summed E-state index contributed by atoms with van der Waals surface area (Å²) >= 11 is 6.19. The second kappa shape index (κ2) is 7.11. The van der Waals surface area contributed by atoms with E-state index >= 15 is 0 Å². The number of piperidine rings is 1. The summed E-state index contributed by atoms with van der Waals surface area (Å²) in [6.45, 7) is 3.85. The Hall–Kier alpha value is -1.30. The van der Waals surface area contributed by atoms with Crippen LogP contribution in [-0.2, 0) is 4.84 Å². The van der Waals surface area contributed by atoms with Crippen molar-refractivity contribution in [2.75, 3.05) is 31.1 Å². The molecule has 0 aliphatic carbocycles. The van der Waals surface area contributed by atoms with Gasteiger partial charge in [0.15, 0.2) is 0 Å². The molecule has 0 radical (unpaired) electrons. The molecule has 3 heterocycles. The molecule has 5 nitrogen and oxygen atoms in total. The molecule has 0 atom stereocenters. The van der Waals surface area contributed by atoms with E-state index in [0.29, 0.717) is 11.1 Å². The van der Waals surface area contributed by atoms with Crippen molar-refractivity contribution in [3.63, 3.8) is 0 Å². The molecule has 0 spiro atoms. The van der Waals surface area contributed by atoms with Crippen LogP contribution in [0, 0.1) is 0 Å². The van der Waals surface area contributed by atoms with Gasteiger partial charge in [0.2, 0.25) is 0 Å². The van der Waals surface area contributed by atoms with Crippen LogP contribution in [0.25, 0.3) is 0 Å². The smallest absolute Gasteiger partial charge is 0.0877 e. The molecule has 6 heteroatoms. The van der Waals surface area contributed by atoms with Gasteiger partial charge in [0, 0.05) is 37.6 Å². The molecule has 0 unspecified atom stereocenters. The van der Waals surface area contributed by atoms with E-state index in [1.807, 2.05) is 6.07 Å². The third-order valence-electron chi connectivity index (χ3n) is 3.94. The summed E-state index contributed by atoms with van der Waals surface area (Å²) in [5.41, 5.74) is 5.34. The molecule has 1 aromatic rings. The maximum Gasteiger partial charge on any atom is 0.0877 e. The molecule has 1 aromatic heterocycles. The van der Waals surface area contributed by atoms with Crippen molar-refractivity contribution < 1.29 is 4.84 Å². The Morgan fingerprint density at radius 2 is 2.24 bits per heavy atom. The van der Waals surface area contributed by atoms with Crippen molar-refractivity contribution in [3.05, 3.63) is 35.3 Å².